The molecule has 1 heterocycles. The molecule has 0 bridgehead atoms. The monoisotopic (exact) mass is 236 g/mol. The fraction of sp³-hybridized carbons (Fsp3) is 0.615. The summed E-state index contributed by atoms with van der Waals surface area (Å²) in [6, 6.07) is 0. The van der Waals surface area contributed by atoms with Crippen molar-refractivity contribution in [1.82, 2.24) is 10.3 Å². The Balaban J connectivity index is 1.63. The number of aromatic nitrogens is 1. The Hall–Kier alpha value is -0.670. The van der Waals surface area contributed by atoms with Crippen LogP contribution in [-0.2, 0) is 13.0 Å². The van der Waals surface area contributed by atoms with Crippen molar-refractivity contribution in [3.05, 3.63) is 27.7 Å². The highest BCUT2D eigenvalue weighted by Gasteiger charge is 2.04. The van der Waals surface area contributed by atoms with E-state index in [1.807, 2.05) is 0 Å². The van der Waals surface area contributed by atoms with Gasteiger partial charge in [0.15, 0.2) is 0 Å². The van der Waals surface area contributed by atoms with Gasteiger partial charge in [-0.2, -0.15) is 0 Å². The summed E-state index contributed by atoms with van der Waals surface area (Å²) in [5.41, 5.74) is 2.84. The molecule has 0 aromatic carbocycles. The first kappa shape index (κ1) is 11.8. The average molecular weight is 236 g/mol. The minimum absolute atomic E-state index is 0.920. The van der Waals surface area contributed by atoms with E-state index in [0.29, 0.717) is 0 Å². The number of hydrogen-bond acceptors (Lipinski definition) is 3. The highest BCUT2D eigenvalue weighted by molar-refractivity contribution is 7.09. The molecule has 16 heavy (non-hydrogen) atoms. The van der Waals surface area contributed by atoms with Gasteiger partial charge in [-0.25, -0.2) is 4.98 Å². The van der Waals surface area contributed by atoms with Gasteiger partial charge in [0.2, 0.25) is 0 Å². The zero-order valence-electron chi connectivity index (χ0n) is 9.96. The first-order chi connectivity index (χ1) is 7.88. The molecule has 2 rings (SSSR count). The quantitative estimate of drug-likeness (QED) is 0.605. The molecule has 1 N–H and O–H groups in total. The molecule has 3 heteroatoms. The molecule has 1 aliphatic rings. The number of allylic oxidation sites excluding steroid dienone is 1. The molecule has 0 saturated carbocycles. The summed E-state index contributed by atoms with van der Waals surface area (Å²) in [5.74, 6) is 0. The maximum atomic E-state index is 4.54. The molecule has 0 spiro atoms. The molecule has 2 nitrogen and oxygen atoms in total. The van der Waals surface area contributed by atoms with Crippen molar-refractivity contribution in [1.29, 1.82) is 0 Å². The van der Waals surface area contributed by atoms with Crippen molar-refractivity contribution in [3.63, 3.8) is 0 Å². The molecule has 1 aromatic rings. The highest BCUT2D eigenvalue weighted by atomic mass is 32.1. The van der Waals surface area contributed by atoms with Crippen molar-refractivity contribution in [2.24, 2.45) is 0 Å². The van der Waals surface area contributed by atoms with Gasteiger partial charge in [0.25, 0.3) is 0 Å². The van der Waals surface area contributed by atoms with Gasteiger partial charge >= 0.3 is 0 Å². The van der Waals surface area contributed by atoms with Gasteiger partial charge in [0.05, 0.1) is 10.7 Å². The molecule has 0 amide bonds. The van der Waals surface area contributed by atoms with Crippen LogP contribution in [0.25, 0.3) is 0 Å². The summed E-state index contributed by atoms with van der Waals surface area (Å²) in [6.07, 6.45) is 8.64. The van der Waals surface area contributed by atoms with Crippen LogP contribution in [0.4, 0.5) is 0 Å². The standard InChI is InChI=1S/C13H20N2S/c1-2-13-15-12(10-16-13)9-14-8-7-11-5-3-4-6-11/h5,10,14H,2-4,6-9H2,1H3. The third-order valence-corrected chi connectivity index (χ3v) is 4.01. The molecular formula is C13H20N2S. The fourth-order valence-corrected chi connectivity index (χ4v) is 2.77. The van der Waals surface area contributed by atoms with E-state index in [0.717, 1.165) is 19.5 Å². The highest BCUT2D eigenvalue weighted by Crippen LogP contribution is 2.19. The van der Waals surface area contributed by atoms with E-state index in [-0.39, 0.29) is 0 Å². The van der Waals surface area contributed by atoms with Crippen LogP contribution in [0.3, 0.4) is 0 Å². The first-order valence-corrected chi connectivity index (χ1v) is 7.08. The average Bonchev–Trinajstić information content (AvgIpc) is 2.95. The van der Waals surface area contributed by atoms with Gasteiger partial charge in [-0.05, 0) is 38.6 Å². The zero-order valence-corrected chi connectivity index (χ0v) is 10.8. The Labute approximate surface area is 102 Å². The molecule has 0 unspecified atom stereocenters. The van der Waals surface area contributed by atoms with Crippen molar-refractivity contribution in [3.8, 4) is 0 Å². The molecule has 1 aromatic heterocycles. The predicted molar refractivity (Wildman–Crippen MR) is 69.7 cm³/mol. The predicted octanol–water partition coefficient (Wildman–Crippen LogP) is 3.30. The van der Waals surface area contributed by atoms with Gasteiger partial charge in [-0.1, -0.05) is 18.6 Å². The lowest BCUT2D eigenvalue weighted by Crippen LogP contribution is -2.15. The first-order valence-electron chi connectivity index (χ1n) is 6.20. The van der Waals surface area contributed by atoms with Crippen LogP contribution >= 0.6 is 11.3 Å². The maximum Gasteiger partial charge on any atom is 0.0926 e. The fourth-order valence-electron chi connectivity index (χ4n) is 2.02. The van der Waals surface area contributed by atoms with E-state index in [9.17, 15) is 0 Å². The second-order valence-electron chi connectivity index (χ2n) is 4.27. The van der Waals surface area contributed by atoms with Crippen LogP contribution in [0.2, 0.25) is 0 Å². The minimum Gasteiger partial charge on any atom is -0.311 e. The lowest BCUT2D eigenvalue weighted by atomic mass is 10.2. The molecule has 0 aliphatic heterocycles. The van der Waals surface area contributed by atoms with Crippen molar-refractivity contribution >= 4 is 11.3 Å². The summed E-state index contributed by atoms with van der Waals surface area (Å²) in [7, 11) is 0. The van der Waals surface area contributed by atoms with E-state index in [1.54, 1.807) is 16.9 Å². The molecular weight excluding hydrogens is 216 g/mol. The van der Waals surface area contributed by atoms with Crippen LogP contribution in [-0.4, -0.2) is 11.5 Å². The van der Waals surface area contributed by atoms with Gasteiger partial charge in [0.1, 0.15) is 0 Å². The van der Waals surface area contributed by atoms with E-state index >= 15 is 0 Å². The molecule has 0 atom stereocenters. The number of aryl methyl sites for hydroxylation is 1. The molecule has 0 saturated heterocycles. The summed E-state index contributed by atoms with van der Waals surface area (Å²) in [4.78, 5) is 4.54. The summed E-state index contributed by atoms with van der Waals surface area (Å²) < 4.78 is 0. The largest absolute Gasteiger partial charge is 0.311 e. The number of nitrogens with one attached hydrogen (secondary N) is 1. The zero-order chi connectivity index (χ0) is 11.2. The maximum absolute atomic E-state index is 4.54. The Bertz CT molecular complexity index is 355. The summed E-state index contributed by atoms with van der Waals surface area (Å²) in [5, 5.41) is 6.88. The van der Waals surface area contributed by atoms with E-state index in [2.05, 4.69) is 28.7 Å². The van der Waals surface area contributed by atoms with E-state index < -0.39 is 0 Å². The van der Waals surface area contributed by atoms with E-state index in [1.165, 1.54) is 36.4 Å². The molecule has 88 valence electrons. The smallest absolute Gasteiger partial charge is 0.0926 e. The van der Waals surface area contributed by atoms with Gasteiger partial charge in [0, 0.05) is 11.9 Å². The van der Waals surface area contributed by atoms with Gasteiger partial charge < -0.3 is 5.32 Å². The van der Waals surface area contributed by atoms with Crippen LogP contribution in [0, 0.1) is 0 Å². The van der Waals surface area contributed by atoms with Crippen molar-refractivity contribution in [2.45, 2.75) is 45.6 Å². The minimum atomic E-state index is 0.920. The second-order valence-corrected chi connectivity index (χ2v) is 5.21. The lowest BCUT2D eigenvalue weighted by molar-refractivity contribution is 0.666. The number of hydrogen-bond donors (Lipinski definition) is 1. The molecule has 0 fully saturated rings. The second kappa shape index (κ2) is 6.16. The molecule has 1 aliphatic carbocycles. The SMILES string of the molecule is CCc1nc(CNCCC2=CCCC2)cs1. The Kier molecular flexibility index (Phi) is 4.55. The Morgan fingerprint density at radius 1 is 1.50 bits per heavy atom. The van der Waals surface area contributed by atoms with Gasteiger partial charge in [-0.15, -0.1) is 11.3 Å². The third kappa shape index (κ3) is 3.42. The lowest BCUT2D eigenvalue weighted by Gasteiger charge is -2.03. The Morgan fingerprint density at radius 2 is 2.44 bits per heavy atom. The van der Waals surface area contributed by atoms with Crippen molar-refractivity contribution < 1.29 is 0 Å². The topological polar surface area (TPSA) is 24.9 Å². The summed E-state index contributed by atoms with van der Waals surface area (Å²) >= 11 is 1.77. The van der Waals surface area contributed by atoms with Crippen molar-refractivity contribution in [2.75, 3.05) is 6.54 Å². The number of thiazole rings is 1. The van der Waals surface area contributed by atoms with Crippen LogP contribution < -0.4 is 5.32 Å². The van der Waals surface area contributed by atoms with Crippen LogP contribution in [0.15, 0.2) is 17.0 Å². The van der Waals surface area contributed by atoms with Gasteiger partial charge in [-0.3, -0.25) is 0 Å². The van der Waals surface area contributed by atoms with Crippen LogP contribution in [0.5, 0.6) is 0 Å². The normalized spacial score (nSPS) is 15.4. The number of rotatable bonds is 6. The van der Waals surface area contributed by atoms with E-state index in [4.69, 9.17) is 0 Å². The number of nitrogens with zero attached hydrogens (tertiary/aromatic N) is 1. The molecule has 0 radical (unpaired) electrons. The Morgan fingerprint density at radius 3 is 3.12 bits per heavy atom. The third-order valence-electron chi connectivity index (χ3n) is 2.97. The van der Waals surface area contributed by atoms with Crippen LogP contribution in [0.1, 0.15) is 43.3 Å². The summed E-state index contributed by atoms with van der Waals surface area (Å²) in [6.45, 7) is 4.16.